The summed E-state index contributed by atoms with van der Waals surface area (Å²) < 4.78 is 5.49. The number of hydrogen-bond acceptors (Lipinski definition) is 4. The Balaban J connectivity index is 1.60. The van der Waals surface area contributed by atoms with Gasteiger partial charge in [-0.25, -0.2) is 0 Å². The lowest BCUT2D eigenvalue weighted by atomic mass is 9.80. The molecule has 2 heterocycles. The zero-order valence-corrected chi connectivity index (χ0v) is 12.7. The van der Waals surface area contributed by atoms with E-state index in [0.717, 1.165) is 17.4 Å². The van der Waals surface area contributed by atoms with Gasteiger partial charge >= 0.3 is 0 Å². The van der Waals surface area contributed by atoms with Gasteiger partial charge in [0.15, 0.2) is 0 Å². The zero-order chi connectivity index (χ0) is 14.5. The molecule has 0 amide bonds. The fourth-order valence-corrected chi connectivity index (χ4v) is 3.21. The molecule has 1 aliphatic carbocycles. The lowest BCUT2D eigenvalue weighted by Crippen LogP contribution is -2.13. The maximum Gasteiger partial charge on any atom is 0.230 e. The Morgan fingerprint density at radius 2 is 1.90 bits per heavy atom. The standard InChI is InChI=1S/C17H23N3O/c1-2-3-4-13-5-7-15(8-6-13)17-19-16(20-21-17)14-9-11-18-12-10-14/h9-13,15H,2-8H2,1H3. The summed E-state index contributed by atoms with van der Waals surface area (Å²) in [5, 5.41) is 4.12. The van der Waals surface area contributed by atoms with Gasteiger partial charge in [-0.05, 0) is 43.7 Å². The average Bonchev–Trinajstić information content (AvgIpc) is 3.04. The number of pyridine rings is 1. The van der Waals surface area contributed by atoms with Gasteiger partial charge in [-0.2, -0.15) is 4.98 Å². The van der Waals surface area contributed by atoms with Gasteiger partial charge in [0.05, 0.1) is 0 Å². The molecule has 0 unspecified atom stereocenters. The summed E-state index contributed by atoms with van der Waals surface area (Å²) in [7, 11) is 0. The van der Waals surface area contributed by atoms with Gasteiger partial charge < -0.3 is 4.52 Å². The molecule has 4 heteroatoms. The first-order chi connectivity index (χ1) is 10.4. The Hall–Kier alpha value is -1.71. The quantitative estimate of drug-likeness (QED) is 0.806. The van der Waals surface area contributed by atoms with Crippen LogP contribution in [0, 0.1) is 5.92 Å². The van der Waals surface area contributed by atoms with E-state index in [9.17, 15) is 0 Å². The Bertz CT molecular complexity index is 544. The summed E-state index contributed by atoms with van der Waals surface area (Å²) in [5.74, 6) is 2.85. The molecule has 0 atom stereocenters. The summed E-state index contributed by atoms with van der Waals surface area (Å²) in [5.41, 5.74) is 0.969. The van der Waals surface area contributed by atoms with Crippen LogP contribution in [0.15, 0.2) is 29.0 Å². The van der Waals surface area contributed by atoms with E-state index in [1.165, 1.54) is 44.9 Å². The van der Waals surface area contributed by atoms with Crippen molar-refractivity contribution < 1.29 is 4.52 Å². The van der Waals surface area contributed by atoms with Gasteiger partial charge in [-0.15, -0.1) is 0 Å². The minimum atomic E-state index is 0.450. The Labute approximate surface area is 126 Å². The second-order valence-corrected chi connectivity index (χ2v) is 6.05. The van der Waals surface area contributed by atoms with Crippen LogP contribution in [-0.4, -0.2) is 15.1 Å². The first kappa shape index (κ1) is 14.2. The minimum absolute atomic E-state index is 0.450. The SMILES string of the molecule is CCCCC1CCC(c2nc(-c3ccncc3)no2)CC1. The predicted molar refractivity (Wildman–Crippen MR) is 81.8 cm³/mol. The molecular weight excluding hydrogens is 262 g/mol. The van der Waals surface area contributed by atoms with Crippen molar-refractivity contribution in [2.45, 2.75) is 57.8 Å². The van der Waals surface area contributed by atoms with Crippen molar-refractivity contribution in [3.8, 4) is 11.4 Å². The highest BCUT2D eigenvalue weighted by atomic mass is 16.5. The molecule has 0 spiro atoms. The topological polar surface area (TPSA) is 51.8 Å². The van der Waals surface area contributed by atoms with E-state index >= 15 is 0 Å². The first-order valence-electron chi connectivity index (χ1n) is 8.10. The monoisotopic (exact) mass is 285 g/mol. The molecule has 2 aromatic rings. The van der Waals surface area contributed by atoms with Crippen LogP contribution in [0.4, 0.5) is 0 Å². The Kier molecular flexibility index (Phi) is 4.63. The van der Waals surface area contributed by atoms with E-state index in [2.05, 4.69) is 22.0 Å². The van der Waals surface area contributed by atoms with Crippen molar-refractivity contribution in [3.05, 3.63) is 30.4 Å². The highest BCUT2D eigenvalue weighted by molar-refractivity contribution is 5.52. The molecule has 0 bridgehead atoms. The van der Waals surface area contributed by atoms with Crippen molar-refractivity contribution in [1.82, 2.24) is 15.1 Å². The number of aromatic nitrogens is 3. The van der Waals surface area contributed by atoms with E-state index in [4.69, 9.17) is 4.52 Å². The van der Waals surface area contributed by atoms with Crippen LogP contribution in [0.1, 0.15) is 63.7 Å². The average molecular weight is 285 g/mol. The summed E-state index contributed by atoms with van der Waals surface area (Å²) in [6.45, 7) is 2.27. The molecule has 3 rings (SSSR count). The summed E-state index contributed by atoms with van der Waals surface area (Å²) >= 11 is 0. The molecule has 112 valence electrons. The highest BCUT2D eigenvalue weighted by Crippen LogP contribution is 2.37. The molecule has 1 fully saturated rings. The van der Waals surface area contributed by atoms with E-state index in [0.29, 0.717) is 11.7 Å². The number of unbranched alkanes of at least 4 members (excludes halogenated alkanes) is 1. The Morgan fingerprint density at radius 1 is 1.14 bits per heavy atom. The van der Waals surface area contributed by atoms with Crippen LogP contribution in [-0.2, 0) is 0 Å². The van der Waals surface area contributed by atoms with E-state index in [1.54, 1.807) is 12.4 Å². The van der Waals surface area contributed by atoms with Crippen LogP contribution >= 0.6 is 0 Å². The third kappa shape index (κ3) is 3.49. The van der Waals surface area contributed by atoms with Gasteiger partial charge in [-0.3, -0.25) is 4.98 Å². The number of rotatable bonds is 5. The molecule has 2 aromatic heterocycles. The molecule has 0 radical (unpaired) electrons. The number of nitrogens with zero attached hydrogens (tertiary/aromatic N) is 3. The van der Waals surface area contributed by atoms with Gasteiger partial charge in [-0.1, -0.05) is 31.3 Å². The van der Waals surface area contributed by atoms with E-state index in [-0.39, 0.29) is 0 Å². The van der Waals surface area contributed by atoms with Crippen LogP contribution in [0.2, 0.25) is 0 Å². The molecule has 1 aliphatic rings. The van der Waals surface area contributed by atoms with E-state index in [1.807, 2.05) is 12.1 Å². The third-order valence-electron chi connectivity index (χ3n) is 4.54. The van der Waals surface area contributed by atoms with Gasteiger partial charge in [0, 0.05) is 23.9 Å². The smallest absolute Gasteiger partial charge is 0.230 e. The molecule has 4 nitrogen and oxygen atoms in total. The lowest BCUT2D eigenvalue weighted by molar-refractivity contribution is 0.260. The van der Waals surface area contributed by atoms with Crippen molar-refractivity contribution in [2.24, 2.45) is 5.92 Å². The van der Waals surface area contributed by atoms with Crippen molar-refractivity contribution >= 4 is 0 Å². The molecule has 0 saturated heterocycles. The maximum absolute atomic E-state index is 5.49. The van der Waals surface area contributed by atoms with Gasteiger partial charge in [0.2, 0.25) is 11.7 Å². The van der Waals surface area contributed by atoms with Gasteiger partial charge in [0.1, 0.15) is 0 Å². The molecular formula is C17H23N3O. The molecule has 0 N–H and O–H groups in total. The molecule has 21 heavy (non-hydrogen) atoms. The fourth-order valence-electron chi connectivity index (χ4n) is 3.21. The van der Waals surface area contributed by atoms with E-state index < -0.39 is 0 Å². The predicted octanol–water partition coefficient (Wildman–Crippen LogP) is 4.60. The highest BCUT2D eigenvalue weighted by Gasteiger charge is 2.26. The normalized spacial score (nSPS) is 22.3. The first-order valence-corrected chi connectivity index (χ1v) is 8.10. The summed E-state index contributed by atoms with van der Waals surface area (Å²) in [6.07, 6.45) is 12.5. The summed E-state index contributed by atoms with van der Waals surface area (Å²) in [4.78, 5) is 8.60. The van der Waals surface area contributed by atoms with Crippen LogP contribution in [0.5, 0.6) is 0 Å². The number of hydrogen-bond donors (Lipinski definition) is 0. The second-order valence-electron chi connectivity index (χ2n) is 6.05. The molecule has 0 aromatic carbocycles. The second kappa shape index (κ2) is 6.83. The van der Waals surface area contributed by atoms with Crippen LogP contribution < -0.4 is 0 Å². The lowest BCUT2D eigenvalue weighted by Gasteiger charge is -2.26. The minimum Gasteiger partial charge on any atom is -0.339 e. The van der Waals surface area contributed by atoms with Crippen LogP contribution in [0.25, 0.3) is 11.4 Å². The van der Waals surface area contributed by atoms with Crippen molar-refractivity contribution in [1.29, 1.82) is 0 Å². The zero-order valence-electron chi connectivity index (χ0n) is 12.7. The van der Waals surface area contributed by atoms with Gasteiger partial charge in [0.25, 0.3) is 0 Å². The third-order valence-corrected chi connectivity index (χ3v) is 4.54. The van der Waals surface area contributed by atoms with Crippen molar-refractivity contribution in [3.63, 3.8) is 0 Å². The fraction of sp³-hybridized carbons (Fsp3) is 0.588. The van der Waals surface area contributed by atoms with Crippen molar-refractivity contribution in [2.75, 3.05) is 0 Å². The van der Waals surface area contributed by atoms with Crippen LogP contribution in [0.3, 0.4) is 0 Å². The Morgan fingerprint density at radius 3 is 2.62 bits per heavy atom. The molecule has 0 aliphatic heterocycles. The molecule has 1 saturated carbocycles. The summed E-state index contributed by atoms with van der Waals surface area (Å²) in [6, 6.07) is 3.83. The largest absolute Gasteiger partial charge is 0.339 e. The maximum atomic E-state index is 5.49.